The van der Waals surface area contributed by atoms with Crippen LogP contribution in [0.25, 0.3) is 11.1 Å². The summed E-state index contributed by atoms with van der Waals surface area (Å²) in [7, 11) is 1.65. The number of carbonyl (C=O) groups is 1. The lowest BCUT2D eigenvalue weighted by atomic mass is 9.73. The van der Waals surface area contributed by atoms with E-state index in [0.717, 1.165) is 5.56 Å². The van der Waals surface area contributed by atoms with E-state index in [0.29, 0.717) is 35.4 Å². The second-order valence-corrected chi connectivity index (χ2v) is 6.52. The first kappa shape index (κ1) is 16.8. The Hall–Kier alpha value is -3.00. The van der Waals surface area contributed by atoms with Crippen LogP contribution < -0.4 is 5.32 Å². The number of nitriles is 1. The summed E-state index contributed by atoms with van der Waals surface area (Å²) >= 11 is 0. The average Bonchev–Trinajstić information content (AvgIpc) is 2.61. The largest absolute Gasteiger partial charge is 0.314 e. The van der Waals surface area contributed by atoms with E-state index in [1.165, 1.54) is 12.1 Å². The van der Waals surface area contributed by atoms with E-state index < -0.39 is 5.41 Å². The van der Waals surface area contributed by atoms with Gasteiger partial charge in [0.25, 0.3) is 0 Å². The van der Waals surface area contributed by atoms with Crippen molar-refractivity contribution in [3.63, 3.8) is 0 Å². The van der Waals surface area contributed by atoms with E-state index >= 15 is 0 Å². The third-order valence-electron chi connectivity index (χ3n) is 4.63. The first-order valence-electron chi connectivity index (χ1n) is 8.01. The summed E-state index contributed by atoms with van der Waals surface area (Å²) in [5.74, 6) is 0.206. The van der Waals surface area contributed by atoms with Crippen molar-refractivity contribution in [1.29, 1.82) is 5.26 Å². The fourth-order valence-corrected chi connectivity index (χ4v) is 3.25. The van der Waals surface area contributed by atoms with Crippen LogP contribution in [0.2, 0.25) is 0 Å². The summed E-state index contributed by atoms with van der Waals surface area (Å²) in [5, 5.41) is 11.8. The molecule has 0 spiro atoms. The van der Waals surface area contributed by atoms with Crippen LogP contribution >= 0.6 is 0 Å². The molecule has 126 valence electrons. The molecule has 3 rings (SSSR count). The second kappa shape index (κ2) is 6.48. The second-order valence-electron chi connectivity index (χ2n) is 6.52. The Balaban J connectivity index is 2.05. The summed E-state index contributed by atoms with van der Waals surface area (Å²) in [4.78, 5) is 16.2. The molecule has 25 heavy (non-hydrogen) atoms. The van der Waals surface area contributed by atoms with Crippen molar-refractivity contribution in [2.75, 3.05) is 7.05 Å². The zero-order valence-electron chi connectivity index (χ0n) is 14.1. The molecule has 1 atom stereocenters. The Kier molecular flexibility index (Phi) is 4.37. The molecule has 1 fully saturated rings. The van der Waals surface area contributed by atoms with E-state index in [9.17, 15) is 9.18 Å². The normalized spacial score (nSPS) is 21.7. The number of piperidine rings is 1. The van der Waals surface area contributed by atoms with E-state index in [1.54, 1.807) is 13.1 Å². The lowest BCUT2D eigenvalue weighted by Gasteiger charge is -2.34. The number of rotatable bonds is 2. The highest BCUT2D eigenvalue weighted by Crippen LogP contribution is 2.36. The van der Waals surface area contributed by atoms with Gasteiger partial charge in [-0.2, -0.15) is 5.26 Å². The van der Waals surface area contributed by atoms with Gasteiger partial charge in [0, 0.05) is 30.9 Å². The molecule has 2 aromatic carbocycles. The zero-order chi connectivity index (χ0) is 18.0. The highest BCUT2D eigenvalue weighted by molar-refractivity contribution is 6.02. The number of benzene rings is 2. The Morgan fingerprint density at radius 2 is 2.04 bits per heavy atom. The van der Waals surface area contributed by atoms with Gasteiger partial charge >= 0.3 is 0 Å². The van der Waals surface area contributed by atoms with E-state index in [-0.39, 0.29) is 11.7 Å². The van der Waals surface area contributed by atoms with Crippen LogP contribution in [-0.2, 0) is 10.2 Å². The maximum Gasteiger partial charge on any atom is 0.226 e. The molecule has 1 aliphatic rings. The predicted octanol–water partition coefficient (Wildman–Crippen LogP) is 3.56. The Morgan fingerprint density at radius 1 is 1.24 bits per heavy atom. The van der Waals surface area contributed by atoms with E-state index in [1.807, 2.05) is 37.3 Å². The molecule has 0 saturated carbocycles. The van der Waals surface area contributed by atoms with Gasteiger partial charge in [-0.1, -0.05) is 31.2 Å². The third kappa shape index (κ3) is 3.29. The van der Waals surface area contributed by atoms with Crippen molar-refractivity contribution in [3.8, 4) is 17.2 Å². The molecular formula is C20H18FN3O. The highest BCUT2D eigenvalue weighted by atomic mass is 19.1. The quantitative estimate of drug-likeness (QED) is 0.912. The SMILES string of the molecule is CN=C1C[C@](C)(c2cccc(-c3cc(C#N)ccc3F)c2)CC(=O)N1. The molecular weight excluding hydrogens is 317 g/mol. The maximum absolute atomic E-state index is 14.2. The van der Waals surface area contributed by atoms with Crippen molar-refractivity contribution < 1.29 is 9.18 Å². The van der Waals surface area contributed by atoms with Crippen LogP contribution in [0.3, 0.4) is 0 Å². The number of halogens is 1. The van der Waals surface area contributed by atoms with Gasteiger partial charge in [-0.15, -0.1) is 0 Å². The van der Waals surface area contributed by atoms with Crippen molar-refractivity contribution in [3.05, 3.63) is 59.4 Å². The average molecular weight is 335 g/mol. The van der Waals surface area contributed by atoms with Crippen LogP contribution in [0.1, 0.15) is 30.9 Å². The molecule has 0 aliphatic carbocycles. The topological polar surface area (TPSA) is 65.2 Å². The lowest BCUT2D eigenvalue weighted by molar-refractivity contribution is -0.121. The molecule has 0 aromatic heterocycles. The number of nitrogens with zero attached hydrogens (tertiary/aromatic N) is 2. The Morgan fingerprint density at radius 3 is 2.76 bits per heavy atom. The molecule has 0 bridgehead atoms. The molecule has 2 aromatic rings. The third-order valence-corrected chi connectivity index (χ3v) is 4.63. The molecule has 1 heterocycles. The van der Waals surface area contributed by atoms with Crippen molar-refractivity contribution in [2.24, 2.45) is 4.99 Å². The smallest absolute Gasteiger partial charge is 0.226 e. The molecule has 5 heteroatoms. The van der Waals surface area contributed by atoms with E-state index in [2.05, 4.69) is 10.3 Å². The number of amidine groups is 1. The lowest BCUT2D eigenvalue weighted by Crippen LogP contribution is -2.45. The van der Waals surface area contributed by atoms with E-state index in [4.69, 9.17) is 5.26 Å². The number of aliphatic imine (C=N–C) groups is 1. The Bertz CT molecular complexity index is 913. The fourth-order valence-electron chi connectivity index (χ4n) is 3.25. The first-order valence-corrected chi connectivity index (χ1v) is 8.01. The molecule has 1 N–H and O–H groups in total. The molecule has 0 unspecified atom stereocenters. The number of hydrogen-bond acceptors (Lipinski definition) is 3. The number of amides is 1. The van der Waals surface area contributed by atoms with Gasteiger partial charge in [-0.05, 0) is 29.3 Å². The van der Waals surface area contributed by atoms with Crippen LogP contribution in [0.5, 0.6) is 0 Å². The number of nitrogens with one attached hydrogen (secondary N) is 1. The predicted molar refractivity (Wildman–Crippen MR) is 94.6 cm³/mol. The van der Waals surface area contributed by atoms with Crippen molar-refractivity contribution in [2.45, 2.75) is 25.2 Å². The van der Waals surface area contributed by atoms with Gasteiger partial charge in [0.2, 0.25) is 5.91 Å². The van der Waals surface area contributed by atoms with Gasteiger partial charge < -0.3 is 5.32 Å². The van der Waals surface area contributed by atoms with Gasteiger partial charge in [-0.3, -0.25) is 9.79 Å². The molecule has 0 radical (unpaired) electrons. The summed E-state index contributed by atoms with van der Waals surface area (Å²) < 4.78 is 14.2. The molecule has 4 nitrogen and oxygen atoms in total. The van der Waals surface area contributed by atoms with Crippen molar-refractivity contribution in [1.82, 2.24) is 5.32 Å². The number of carbonyl (C=O) groups excluding carboxylic acids is 1. The highest BCUT2D eigenvalue weighted by Gasteiger charge is 2.36. The first-order chi connectivity index (χ1) is 11.9. The molecule has 1 amide bonds. The Labute approximate surface area is 146 Å². The summed E-state index contributed by atoms with van der Waals surface area (Å²) in [6.45, 7) is 2.01. The minimum Gasteiger partial charge on any atom is -0.314 e. The van der Waals surface area contributed by atoms with Gasteiger partial charge in [0.1, 0.15) is 11.7 Å². The van der Waals surface area contributed by atoms with Crippen LogP contribution in [-0.4, -0.2) is 18.8 Å². The minimum absolute atomic E-state index is 0.0718. The minimum atomic E-state index is -0.406. The van der Waals surface area contributed by atoms with Gasteiger partial charge in [0.05, 0.1) is 11.6 Å². The van der Waals surface area contributed by atoms with Crippen LogP contribution in [0, 0.1) is 17.1 Å². The summed E-state index contributed by atoms with van der Waals surface area (Å²) in [6, 6.07) is 13.8. The van der Waals surface area contributed by atoms with Crippen LogP contribution in [0.15, 0.2) is 47.5 Å². The van der Waals surface area contributed by atoms with Crippen LogP contribution in [0.4, 0.5) is 4.39 Å². The summed E-state index contributed by atoms with van der Waals surface area (Å²) in [6.07, 6.45) is 0.954. The summed E-state index contributed by atoms with van der Waals surface area (Å²) in [5.41, 5.74) is 2.02. The molecule has 1 saturated heterocycles. The standard InChI is InChI=1S/C20H18FN3O/c1-20(10-18(23-2)24-19(25)11-20)15-5-3-4-14(9-15)16-8-13(12-22)6-7-17(16)21/h3-9H,10-11H2,1-2H3,(H,23,24,25)/t20-/m0/s1. The van der Waals surface area contributed by atoms with Crippen molar-refractivity contribution >= 4 is 11.7 Å². The molecule has 1 aliphatic heterocycles. The monoisotopic (exact) mass is 335 g/mol. The number of hydrogen-bond donors (Lipinski definition) is 1. The zero-order valence-corrected chi connectivity index (χ0v) is 14.1. The fraction of sp³-hybridized carbons (Fsp3) is 0.250. The van der Waals surface area contributed by atoms with Gasteiger partial charge in [0.15, 0.2) is 0 Å². The maximum atomic E-state index is 14.2. The van der Waals surface area contributed by atoms with Gasteiger partial charge in [-0.25, -0.2) is 4.39 Å².